The predicted octanol–water partition coefficient (Wildman–Crippen LogP) is 4.22. The molecule has 0 radical (unpaired) electrons. The first-order chi connectivity index (χ1) is 26.7. The number of rotatable bonds is 15. The van der Waals surface area contributed by atoms with Gasteiger partial charge in [-0.15, -0.1) is 0 Å². The average molecular weight is 794 g/mol. The van der Waals surface area contributed by atoms with E-state index in [2.05, 4.69) is 51.6 Å². The van der Waals surface area contributed by atoms with Crippen molar-refractivity contribution < 1.29 is 42.2 Å². The molecule has 21 heteroatoms. The lowest BCUT2D eigenvalue weighted by atomic mass is 10.1. The molecule has 6 rings (SSSR count). The van der Waals surface area contributed by atoms with Crippen molar-refractivity contribution in [3.63, 3.8) is 0 Å². The van der Waals surface area contributed by atoms with Crippen LogP contribution in [0, 0.1) is 0 Å². The van der Waals surface area contributed by atoms with E-state index in [1.807, 2.05) is 12.1 Å². The quantitative estimate of drug-likeness (QED) is 0.0818. The molecule has 6 N–H and O–H groups in total. The number of halogens is 4. The van der Waals surface area contributed by atoms with Crippen LogP contribution in [-0.2, 0) is 19.9 Å². The smallest absolute Gasteiger partial charge is 0.422 e. The molecule has 2 aromatic heterocycles. The number of carbonyl (C=O) groups excluding carboxylic acids is 3. The van der Waals surface area contributed by atoms with Gasteiger partial charge in [0.2, 0.25) is 11.9 Å². The summed E-state index contributed by atoms with van der Waals surface area (Å²) in [7, 11) is 0. The minimum Gasteiger partial charge on any atom is -0.480 e. The summed E-state index contributed by atoms with van der Waals surface area (Å²) in [4.78, 5) is 65.7. The van der Waals surface area contributed by atoms with Gasteiger partial charge in [-0.1, -0.05) is 23.7 Å². The van der Waals surface area contributed by atoms with Crippen molar-refractivity contribution in [1.29, 1.82) is 0 Å². The maximum Gasteiger partial charge on any atom is 0.422 e. The molecule has 0 unspecified atom stereocenters. The van der Waals surface area contributed by atoms with Gasteiger partial charge in [0.15, 0.2) is 6.61 Å². The molecule has 2 heterocycles. The lowest BCUT2D eigenvalue weighted by Crippen LogP contribution is -2.44. The molecular weight excluding hydrogens is 763 g/mol. The third-order valence-corrected chi connectivity index (χ3v) is 8.47. The minimum absolute atomic E-state index is 0.0469. The SMILES string of the molecule is O=C(NCC[C@H](NC(=O)c1ccc(Nc2nc(NC3(c4ccc(Cl)cc4)CC3)nc(OCC(F)(F)F)n2)cc1)C(=O)O)C(=O)Nc1ccc(-n2cncn2)cc1. The number of nitrogens with one attached hydrogen (secondary N) is 5. The van der Waals surface area contributed by atoms with Crippen molar-refractivity contribution in [3.05, 3.63) is 102 Å². The number of carboxylic acid groups (broad SMARTS) is 1. The largest absolute Gasteiger partial charge is 0.480 e. The second-order valence-corrected chi connectivity index (χ2v) is 12.8. The summed E-state index contributed by atoms with van der Waals surface area (Å²) in [5.74, 6) is -4.34. The number of hydrogen-bond acceptors (Lipinski definition) is 12. The van der Waals surface area contributed by atoms with Crippen LogP contribution in [0.3, 0.4) is 0 Å². The summed E-state index contributed by atoms with van der Waals surface area (Å²) in [6.07, 6.45) is -0.648. The molecule has 1 atom stereocenters. The van der Waals surface area contributed by atoms with Gasteiger partial charge in [0.05, 0.1) is 11.2 Å². The summed E-state index contributed by atoms with van der Waals surface area (Å²) in [5.41, 5.74) is 1.70. The zero-order chi connectivity index (χ0) is 39.9. The Kier molecular flexibility index (Phi) is 11.6. The van der Waals surface area contributed by atoms with Crippen molar-refractivity contribution in [2.45, 2.75) is 37.0 Å². The van der Waals surface area contributed by atoms with Gasteiger partial charge >= 0.3 is 30.0 Å². The van der Waals surface area contributed by atoms with Crippen LogP contribution in [0.25, 0.3) is 5.69 Å². The molecule has 3 amide bonds. The van der Waals surface area contributed by atoms with Gasteiger partial charge < -0.3 is 36.4 Å². The second kappa shape index (κ2) is 16.7. The van der Waals surface area contributed by atoms with E-state index in [9.17, 15) is 37.5 Å². The highest BCUT2D eigenvalue weighted by Gasteiger charge is 2.45. The second-order valence-electron chi connectivity index (χ2n) is 12.3. The van der Waals surface area contributed by atoms with Crippen molar-refractivity contribution in [2.75, 3.05) is 29.1 Å². The molecule has 1 saturated carbocycles. The lowest BCUT2D eigenvalue weighted by Gasteiger charge is -2.19. The number of alkyl halides is 3. The van der Waals surface area contributed by atoms with E-state index in [4.69, 9.17) is 16.3 Å². The molecule has 1 fully saturated rings. The molecule has 1 aliphatic carbocycles. The number of carbonyl (C=O) groups is 4. The fraction of sp³-hybridized carbons (Fsp3) is 0.229. The molecule has 3 aromatic carbocycles. The van der Waals surface area contributed by atoms with E-state index in [0.29, 0.717) is 34.9 Å². The van der Waals surface area contributed by atoms with E-state index in [1.165, 1.54) is 41.6 Å². The van der Waals surface area contributed by atoms with Crippen LogP contribution in [-0.4, -0.2) is 83.9 Å². The molecule has 0 bridgehead atoms. The van der Waals surface area contributed by atoms with Crippen molar-refractivity contribution in [2.24, 2.45) is 0 Å². The first-order valence-corrected chi connectivity index (χ1v) is 17.1. The summed E-state index contributed by atoms with van der Waals surface area (Å²) in [6.45, 7) is -1.89. The highest BCUT2D eigenvalue weighted by Crippen LogP contribution is 2.48. The maximum absolute atomic E-state index is 12.9. The summed E-state index contributed by atoms with van der Waals surface area (Å²) < 4.78 is 45.1. The van der Waals surface area contributed by atoms with Gasteiger partial charge in [-0.2, -0.15) is 33.2 Å². The Morgan fingerprint density at radius 2 is 1.57 bits per heavy atom. The standard InChI is InChI=1S/C35H31ClF3N11O6/c36-22-5-3-21(4-6-22)34(14-15-34)49-32-46-31(47-33(48-32)56-17-35(37,38)39)44-24-7-1-20(2-8-24)27(51)45-26(30(54)55)13-16-41-28(52)29(53)43-23-9-11-25(12-10-23)50-19-40-18-42-50/h1-12,18-19,26H,13-17H2,(H,41,52)(H,43,53)(H,45,51)(H,54,55)(H2,44,46,47,48,49)/t26-/m0/s1. The monoisotopic (exact) mass is 793 g/mol. The number of aromatic nitrogens is 6. The Morgan fingerprint density at radius 3 is 2.20 bits per heavy atom. The number of amides is 3. The van der Waals surface area contributed by atoms with E-state index < -0.39 is 54.1 Å². The Balaban J connectivity index is 1.03. The number of aliphatic carboxylic acids is 1. The molecule has 0 saturated heterocycles. The number of hydrogen-bond donors (Lipinski definition) is 6. The third kappa shape index (κ3) is 10.4. The van der Waals surface area contributed by atoms with E-state index in [-0.39, 0.29) is 30.4 Å². The van der Waals surface area contributed by atoms with Crippen LogP contribution < -0.4 is 31.3 Å². The first kappa shape index (κ1) is 38.9. The average Bonchev–Trinajstić information content (AvgIpc) is 3.72. The van der Waals surface area contributed by atoms with Crippen molar-refractivity contribution >= 4 is 58.6 Å². The summed E-state index contributed by atoms with van der Waals surface area (Å²) in [5, 5.41) is 27.4. The number of nitrogens with zero attached hydrogens (tertiary/aromatic N) is 6. The summed E-state index contributed by atoms with van der Waals surface area (Å²) in [6, 6.07) is 17.1. The Morgan fingerprint density at radius 1 is 0.893 bits per heavy atom. The van der Waals surface area contributed by atoms with Gasteiger partial charge in [0, 0.05) is 28.5 Å². The topological polar surface area (TPSA) is 227 Å². The molecule has 56 heavy (non-hydrogen) atoms. The van der Waals surface area contributed by atoms with Crippen LogP contribution >= 0.6 is 11.6 Å². The van der Waals surface area contributed by atoms with E-state index >= 15 is 0 Å². The van der Waals surface area contributed by atoms with E-state index in [1.54, 1.807) is 36.4 Å². The minimum atomic E-state index is -4.65. The maximum atomic E-state index is 12.9. The zero-order valence-electron chi connectivity index (χ0n) is 28.9. The van der Waals surface area contributed by atoms with Crippen LogP contribution in [0.4, 0.5) is 36.4 Å². The molecule has 0 aliphatic heterocycles. The van der Waals surface area contributed by atoms with Gasteiger partial charge in [0.25, 0.3) is 5.91 Å². The normalized spacial score (nSPS) is 13.5. The Labute approximate surface area is 320 Å². The van der Waals surface area contributed by atoms with Gasteiger partial charge in [-0.3, -0.25) is 14.4 Å². The predicted molar refractivity (Wildman–Crippen MR) is 194 cm³/mol. The number of benzene rings is 3. The van der Waals surface area contributed by atoms with Crippen molar-refractivity contribution in [3.8, 4) is 11.7 Å². The van der Waals surface area contributed by atoms with Crippen LogP contribution in [0.2, 0.25) is 5.02 Å². The third-order valence-electron chi connectivity index (χ3n) is 8.22. The van der Waals surface area contributed by atoms with Crippen molar-refractivity contribution in [1.82, 2.24) is 40.3 Å². The molecule has 290 valence electrons. The highest BCUT2D eigenvalue weighted by atomic mass is 35.5. The van der Waals surface area contributed by atoms with Gasteiger partial charge in [-0.05, 0) is 85.5 Å². The van der Waals surface area contributed by atoms with Crippen LogP contribution in [0.15, 0.2) is 85.5 Å². The van der Waals surface area contributed by atoms with Crippen LogP contribution in [0.5, 0.6) is 6.01 Å². The van der Waals surface area contributed by atoms with Crippen LogP contribution in [0.1, 0.15) is 35.2 Å². The fourth-order valence-corrected chi connectivity index (χ4v) is 5.37. The molecule has 1 aliphatic rings. The lowest BCUT2D eigenvalue weighted by molar-refractivity contribution is -0.154. The molecular formula is C35H31ClF3N11O6. The number of anilines is 4. The number of carboxylic acids is 1. The van der Waals surface area contributed by atoms with Gasteiger partial charge in [0.1, 0.15) is 18.7 Å². The van der Waals surface area contributed by atoms with E-state index in [0.717, 1.165) is 5.56 Å². The number of ether oxygens (including phenoxy) is 1. The summed E-state index contributed by atoms with van der Waals surface area (Å²) >= 11 is 6.02. The molecule has 17 nitrogen and oxygen atoms in total. The van der Waals surface area contributed by atoms with Gasteiger partial charge in [-0.25, -0.2) is 14.5 Å². The Hall–Kier alpha value is -6.83. The molecule has 0 spiro atoms. The molecule has 5 aromatic rings. The first-order valence-electron chi connectivity index (χ1n) is 16.7. The Bertz CT molecular complexity index is 2190. The highest BCUT2D eigenvalue weighted by molar-refractivity contribution is 6.39. The zero-order valence-corrected chi connectivity index (χ0v) is 29.6. The fourth-order valence-electron chi connectivity index (χ4n) is 5.24.